The Morgan fingerprint density at radius 3 is 2.88 bits per heavy atom. The standard InChI is InChI=1S/C22H26ClN5O3S/c1-2-20(29)19-4-3-11-28(19)32(30,31)21-7-6-17(15-12-25-10-9-14(15)21)26-13-18-16(23)5-8-22(24)27-18/h5-10,12,19-20,26,29H,2-4,11,13H2,1H3,(H2,24,27)/t19-,20?/m1/s1. The van der Waals surface area contributed by atoms with Crippen molar-refractivity contribution in [1.29, 1.82) is 0 Å². The summed E-state index contributed by atoms with van der Waals surface area (Å²) in [6, 6.07) is 7.93. The van der Waals surface area contributed by atoms with Crippen LogP contribution in [0.4, 0.5) is 11.5 Å². The number of anilines is 2. The maximum Gasteiger partial charge on any atom is 0.244 e. The average molecular weight is 476 g/mol. The van der Waals surface area contributed by atoms with E-state index in [-0.39, 0.29) is 4.90 Å². The number of sulfonamides is 1. The van der Waals surface area contributed by atoms with Crippen LogP contribution in [0, 0.1) is 0 Å². The molecule has 4 rings (SSSR count). The van der Waals surface area contributed by atoms with Crippen molar-refractivity contribution >= 4 is 43.9 Å². The number of aliphatic hydroxyl groups excluding tert-OH is 1. The Morgan fingerprint density at radius 1 is 1.28 bits per heavy atom. The summed E-state index contributed by atoms with van der Waals surface area (Å²) in [7, 11) is -3.80. The van der Waals surface area contributed by atoms with Gasteiger partial charge in [-0.3, -0.25) is 4.98 Å². The molecule has 32 heavy (non-hydrogen) atoms. The smallest absolute Gasteiger partial charge is 0.244 e. The summed E-state index contributed by atoms with van der Waals surface area (Å²) in [6.07, 6.45) is 4.41. The van der Waals surface area contributed by atoms with Crippen LogP contribution < -0.4 is 11.1 Å². The predicted octanol–water partition coefficient (Wildman–Crippen LogP) is 3.40. The van der Waals surface area contributed by atoms with Gasteiger partial charge in [0.25, 0.3) is 0 Å². The first kappa shape index (κ1) is 22.7. The molecule has 170 valence electrons. The number of nitrogens with two attached hydrogens (primary N) is 1. The average Bonchev–Trinajstić information content (AvgIpc) is 3.30. The number of halogens is 1. The monoisotopic (exact) mass is 475 g/mol. The Bertz CT molecular complexity index is 1240. The van der Waals surface area contributed by atoms with Crippen LogP contribution in [0.25, 0.3) is 10.8 Å². The first-order valence-corrected chi connectivity index (χ1v) is 12.4. The molecule has 1 unspecified atom stereocenters. The van der Waals surface area contributed by atoms with Gasteiger partial charge in [0.05, 0.1) is 34.3 Å². The first-order chi connectivity index (χ1) is 15.3. The third kappa shape index (κ3) is 4.25. The highest BCUT2D eigenvalue weighted by atomic mass is 35.5. The lowest BCUT2D eigenvalue weighted by Crippen LogP contribution is -2.42. The van der Waals surface area contributed by atoms with Crippen LogP contribution in [0.1, 0.15) is 31.9 Å². The summed E-state index contributed by atoms with van der Waals surface area (Å²) < 4.78 is 28.6. The van der Waals surface area contributed by atoms with Crippen molar-refractivity contribution in [3.05, 3.63) is 53.4 Å². The zero-order chi connectivity index (χ0) is 22.9. The highest BCUT2D eigenvalue weighted by Gasteiger charge is 2.39. The number of aliphatic hydroxyl groups is 1. The van der Waals surface area contributed by atoms with Crippen LogP contribution in [0.15, 0.2) is 47.6 Å². The number of nitrogen functional groups attached to an aromatic ring is 1. The molecule has 4 N–H and O–H groups in total. The minimum absolute atomic E-state index is 0.204. The lowest BCUT2D eigenvalue weighted by molar-refractivity contribution is 0.103. The lowest BCUT2D eigenvalue weighted by atomic mass is 10.1. The number of fused-ring (bicyclic) bond motifs is 1. The molecule has 1 aliphatic rings. The minimum Gasteiger partial charge on any atom is -0.391 e. The van der Waals surface area contributed by atoms with E-state index in [1.54, 1.807) is 42.7 Å². The van der Waals surface area contributed by atoms with Gasteiger partial charge in [0.15, 0.2) is 0 Å². The number of rotatable bonds is 7. The number of aromatic nitrogens is 2. The molecule has 0 bridgehead atoms. The van der Waals surface area contributed by atoms with E-state index in [1.807, 2.05) is 6.92 Å². The molecular formula is C22H26ClN5O3S. The maximum absolute atomic E-state index is 13.6. The number of benzene rings is 1. The summed E-state index contributed by atoms with van der Waals surface area (Å²) >= 11 is 6.21. The van der Waals surface area contributed by atoms with Gasteiger partial charge in [-0.05, 0) is 49.6 Å². The van der Waals surface area contributed by atoms with E-state index in [9.17, 15) is 13.5 Å². The molecule has 0 saturated carbocycles. The molecule has 10 heteroatoms. The first-order valence-electron chi connectivity index (χ1n) is 10.5. The fourth-order valence-electron chi connectivity index (χ4n) is 4.19. The second kappa shape index (κ2) is 9.19. The Labute approximate surface area is 192 Å². The second-order valence-electron chi connectivity index (χ2n) is 7.85. The molecule has 0 amide bonds. The summed E-state index contributed by atoms with van der Waals surface area (Å²) in [4.78, 5) is 8.64. The fourth-order valence-corrected chi connectivity index (χ4v) is 6.29. The third-order valence-corrected chi connectivity index (χ3v) is 8.19. The predicted molar refractivity (Wildman–Crippen MR) is 126 cm³/mol. The van der Waals surface area contributed by atoms with E-state index < -0.39 is 22.2 Å². The molecule has 8 nitrogen and oxygen atoms in total. The topological polar surface area (TPSA) is 121 Å². The van der Waals surface area contributed by atoms with Gasteiger partial charge in [-0.2, -0.15) is 4.31 Å². The molecule has 1 fully saturated rings. The summed E-state index contributed by atoms with van der Waals surface area (Å²) in [6.45, 7) is 2.57. The number of nitrogens with one attached hydrogen (secondary N) is 1. The summed E-state index contributed by atoms with van der Waals surface area (Å²) in [5.74, 6) is 0.369. The molecule has 0 spiro atoms. The van der Waals surface area contributed by atoms with Crippen molar-refractivity contribution < 1.29 is 13.5 Å². The van der Waals surface area contributed by atoms with Gasteiger partial charge >= 0.3 is 0 Å². The van der Waals surface area contributed by atoms with Crippen molar-refractivity contribution in [2.24, 2.45) is 0 Å². The van der Waals surface area contributed by atoms with Gasteiger partial charge in [-0.25, -0.2) is 13.4 Å². The third-order valence-electron chi connectivity index (χ3n) is 5.86. The largest absolute Gasteiger partial charge is 0.391 e. The highest BCUT2D eigenvalue weighted by molar-refractivity contribution is 7.89. The van der Waals surface area contributed by atoms with Crippen LogP contribution in [0.3, 0.4) is 0 Å². The summed E-state index contributed by atoms with van der Waals surface area (Å²) in [5, 5.41) is 15.3. The highest BCUT2D eigenvalue weighted by Crippen LogP contribution is 2.35. The fraction of sp³-hybridized carbons (Fsp3) is 0.364. The zero-order valence-corrected chi connectivity index (χ0v) is 19.3. The number of hydrogen-bond acceptors (Lipinski definition) is 7. The van der Waals surface area contributed by atoms with Crippen LogP contribution >= 0.6 is 11.6 Å². The van der Waals surface area contributed by atoms with Gasteiger partial charge in [0.1, 0.15) is 5.82 Å². The van der Waals surface area contributed by atoms with Crippen molar-refractivity contribution in [3.8, 4) is 0 Å². The van der Waals surface area contributed by atoms with Gasteiger partial charge in [-0.15, -0.1) is 0 Å². The van der Waals surface area contributed by atoms with Gasteiger partial charge < -0.3 is 16.2 Å². The molecule has 0 radical (unpaired) electrons. The van der Waals surface area contributed by atoms with Crippen molar-refractivity contribution in [1.82, 2.24) is 14.3 Å². The molecule has 2 aromatic heterocycles. The molecule has 3 aromatic rings. The van der Waals surface area contributed by atoms with Crippen LogP contribution in [0.5, 0.6) is 0 Å². The molecule has 2 atom stereocenters. The zero-order valence-electron chi connectivity index (χ0n) is 17.7. The minimum atomic E-state index is -3.80. The lowest BCUT2D eigenvalue weighted by Gasteiger charge is -2.28. The van der Waals surface area contributed by atoms with E-state index in [4.69, 9.17) is 17.3 Å². The van der Waals surface area contributed by atoms with E-state index in [2.05, 4.69) is 15.3 Å². The van der Waals surface area contributed by atoms with Crippen LogP contribution in [-0.4, -0.2) is 46.5 Å². The molecular weight excluding hydrogens is 450 g/mol. The van der Waals surface area contributed by atoms with Crippen molar-refractivity contribution in [2.75, 3.05) is 17.6 Å². The van der Waals surface area contributed by atoms with Crippen molar-refractivity contribution in [3.63, 3.8) is 0 Å². The van der Waals surface area contributed by atoms with Gasteiger partial charge in [-0.1, -0.05) is 18.5 Å². The normalized spacial score (nSPS) is 18.2. The SMILES string of the molecule is CCC(O)[C@H]1CCCN1S(=O)(=O)c1ccc(NCc2nc(N)ccc2Cl)c2cnccc12. The molecule has 1 aromatic carbocycles. The van der Waals surface area contributed by atoms with Crippen LogP contribution in [-0.2, 0) is 16.6 Å². The Morgan fingerprint density at radius 2 is 2.09 bits per heavy atom. The summed E-state index contributed by atoms with van der Waals surface area (Å²) in [5.41, 5.74) is 7.06. The number of nitrogens with zero attached hydrogens (tertiary/aromatic N) is 3. The molecule has 3 heterocycles. The van der Waals surface area contributed by atoms with E-state index in [0.717, 1.165) is 6.42 Å². The Kier molecular flexibility index (Phi) is 6.52. The second-order valence-corrected chi connectivity index (χ2v) is 10.1. The van der Waals surface area contributed by atoms with Crippen molar-refractivity contribution in [2.45, 2.75) is 49.8 Å². The van der Waals surface area contributed by atoms with E-state index in [1.165, 1.54) is 4.31 Å². The van der Waals surface area contributed by atoms with Gasteiger partial charge in [0.2, 0.25) is 10.0 Å². The number of pyridine rings is 2. The molecule has 1 saturated heterocycles. The Hall–Kier alpha value is -2.46. The van der Waals surface area contributed by atoms with E-state index >= 15 is 0 Å². The quantitative estimate of drug-likeness (QED) is 0.478. The molecule has 0 aliphatic carbocycles. The molecule has 1 aliphatic heterocycles. The maximum atomic E-state index is 13.6. The number of hydrogen-bond donors (Lipinski definition) is 3. The van der Waals surface area contributed by atoms with E-state index in [0.29, 0.717) is 58.9 Å². The van der Waals surface area contributed by atoms with Gasteiger partial charge in [0, 0.05) is 35.4 Å². The Balaban J connectivity index is 1.70. The van der Waals surface area contributed by atoms with Crippen LogP contribution in [0.2, 0.25) is 5.02 Å².